The molecule has 2 aromatic rings. The van der Waals surface area contributed by atoms with E-state index in [1.807, 2.05) is 19.2 Å². The monoisotopic (exact) mass is 294 g/mol. The van der Waals surface area contributed by atoms with Crippen LogP contribution in [-0.2, 0) is 0 Å². The lowest BCUT2D eigenvalue weighted by Crippen LogP contribution is -2.18. The Kier molecular flexibility index (Phi) is 4.75. The van der Waals surface area contributed by atoms with Gasteiger partial charge in [0.15, 0.2) is 5.13 Å². The van der Waals surface area contributed by atoms with E-state index in [9.17, 15) is 9.18 Å². The summed E-state index contributed by atoms with van der Waals surface area (Å²) in [5.74, 6) is -0.875. The van der Waals surface area contributed by atoms with E-state index >= 15 is 0 Å². The van der Waals surface area contributed by atoms with E-state index in [4.69, 9.17) is 0 Å². The van der Waals surface area contributed by atoms with Crippen LogP contribution in [-0.4, -0.2) is 22.4 Å². The molecule has 2 aromatic heterocycles. The lowest BCUT2D eigenvalue weighted by atomic mass is 10.3. The van der Waals surface area contributed by atoms with Crippen LogP contribution >= 0.6 is 11.3 Å². The standard InChI is InChI=1S/C13H15FN4OS/c1-3-15-8(2)11-7-20-13(17-11)18-12(19)10-5-4-9(14)6-16-10/h4-8,15H,3H2,1-2H3,(H,17,18,19). The third-order valence-electron chi connectivity index (χ3n) is 2.66. The Hall–Kier alpha value is -1.86. The summed E-state index contributed by atoms with van der Waals surface area (Å²) >= 11 is 1.34. The van der Waals surface area contributed by atoms with Gasteiger partial charge < -0.3 is 5.32 Å². The third kappa shape index (κ3) is 3.58. The van der Waals surface area contributed by atoms with E-state index in [1.165, 1.54) is 23.5 Å². The van der Waals surface area contributed by atoms with Crippen molar-refractivity contribution in [2.24, 2.45) is 0 Å². The zero-order chi connectivity index (χ0) is 14.5. The number of thiazole rings is 1. The molecule has 1 atom stereocenters. The van der Waals surface area contributed by atoms with Crippen molar-refractivity contribution in [3.8, 4) is 0 Å². The molecule has 0 aliphatic carbocycles. The SMILES string of the molecule is CCNC(C)c1csc(NC(=O)c2ccc(F)cn2)n1. The van der Waals surface area contributed by atoms with Gasteiger partial charge in [-0.1, -0.05) is 6.92 Å². The molecule has 0 aromatic carbocycles. The van der Waals surface area contributed by atoms with Crippen LogP contribution in [0.4, 0.5) is 9.52 Å². The lowest BCUT2D eigenvalue weighted by molar-refractivity contribution is 0.102. The maximum Gasteiger partial charge on any atom is 0.276 e. The Morgan fingerprint density at radius 3 is 2.95 bits per heavy atom. The highest BCUT2D eigenvalue weighted by Crippen LogP contribution is 2.20. The van der Waals surface area contributed by atoms with Gasteiger partial charge >= 0.3 is 0 Å². The van der Waals surface area contributed by atoms with Crippen LogP contribution in [0.15, 0.2) is 23.7 Å². The van der Waals surface area contributed by atoms with Crippen molar-refractivity contribution in [1.82, 2.24) is 15.3 Å². The average molecular weight is 294 g/mol. The summed E-state index contributed by atoms with van der Waals surface area (Å²) in [4.78, 5) is 19.9. The first kappa shape index (κ1) is 14.5. The number of amides is 1. The molecule has 0 fully saturated rings. The Balaban J connectivity index is 2.03. The molecular formula is C13H15FN4OS. The van der Waals surface area contributed by atoms with Crippen LogP contribution in [0.1, 0.15) is 36.1 Å². The van der Waals surface area contributed by atoms with Crippen LogP contribution in [0.3, 0.4) is 0 Å². The fourth-order valence-electron chi connectivity index (χ4n) is 1.62. The maximum atomic E-state index is 12.7. The number of halogens is 1. The van der Waals surface area contributed by atoms with Crippen molar-refractivity contribution < 1.29 is 9.18 Å². The second-order valence-corrected chi connectivity index (χ2v) is 5.03. The van der Waals surface area contributed by atoms with E-state index in [0.717, 1.165) is 18.4 Å². The van der Waals surface area contributed by atoms with Crippen molar-refractivity contribution in [3.63, 3.8) is 0 Å². The van der Waals surface area contributed by atoms with Gasteiger partial charge in [-0.3, -0.25) is 10.1 Å². The molecule has 1 amide bonds. The van der Waals surface area contributed by atoms with Gasteiger partial charge in [0.2, 0.25) is 0 Å². The normalized spacial score (nSPS) is 12.2. The van der Waals surface area contributed by atoms with Crippen molar-refractivity contribution in [2.45, 2.75) is 19.9 Å². The number of pyridine rings is 1. The van der Waals surface area contributed by atoms with Crippen LogP contribution in [0, 0.1) is 5.82 Å². The maximum absolute atomic E-state index is 12.7. The third-order valence-corrected chi connectivity index (χ3v) is 3.43. The fraction of sp³-hybridized carbons (Fsp3) is 0.308. The minimum absolute atomic E-state index is 0.130. The van der Waals surface area contributed by atoms with Crippen molar-refractivity contribution in [2.75, 3.05) is 11.9 Å². The van der Waals surface area contributed by atoms with E-state index in [1.54, 1.807) is 0 Å². The molecule has 2 rings (SSSR count). The highest BCUT2D eigenvalue weighted by Gasteiger charge is 2.12. The summed E-state index contributed by atoms with van der Waals surface area (Å²) in [5, 5.41) is 8.29. The summed E-state index contributed by atoms with van der Waals surface area (Å²) in [5.41, 5.74) is 1.03. The number of anilines is 1. The molecule has 20 heavy (non-hydrogen) atoms. The second kappa shape index (κ2) is 6.53. The van der Waals surface area contributed by atoms with Gasteiger partial charge in [-0.25, -0.2) is 14.4 Å². The van der Waals surface area contributed by atoms with Gasteiger partial charge in [0.25, 0.3) is 5.91 Å². The molecule has 5 nitrogen and oxygen atoms in total. The van der Waals surface area contributed by atoms with Gasteiger partial charge in [-0.15, -0.1) is 11.3 Å². The Bertz CT molecular complexity index is 584. The number of nitrogens with one attached hydrogen (secondary N) is 2. The molecule has 106 valence electrons. The molecule has 0 spiro atoms. The Morgan fingerprint density at radius 2 is 2.30 bits per heavy atom. The zero-order valence-corrected chi connectivity index (χ0v) is 12.0. The largest absolute Gasteiger partial charge is 0.309 e. The molecule has 0 bridgehead atoms. The van der Waals surface area contributed by atoms with Crippen LogP contribution in [0.5, 0.6) is 0 Å². The fourth-order valence-corrected chi connectivity index (χ4v) is 2.42. The molecule has 1 unspecified atom stereocenters. The Labute approximate surface area is 120 Å². The molecule has 0 aliphatic rings. The van der Waals surface area contributed by atoms with E-state index in [-0.39, 0.29) is 11.7 Å². The minimum atomic E-state index is -0.474. The molecule has 0 radical (unpaired) electrons. The predicted octanol–water partition coefficient (Wildman–Crippen LogP) is 2.60. The summed E-state index contributed by atoms with van der Waals surface area (Å²) in [6, 6.07) is 2.66. The quantitative estimate of drug-likeness (QED) is 0.889. The highest BCUT2D eigenvalue weighted by atomic mass is 32.1. The summed E-state index contributed by atoms with van der Waals surface area (Å²) in [6.07, 6.45) is 1.01. The number of aromatic nitrogens is 2. The first-order valence-corrected chi connectivity index (χ1v) is 7.09. The summed E-state index contributed by atoms with van der Waals surface area (Å²) < 4.78 is 12.7. The van der Waals surface area contributed by atoms with E-state index in [0.29, 0.717) is 5.13 Å². The number of hydrogen-bond acceptors (Lipinski definition) is 5. The van der Waals surface area contributed by atoms with Gasteiger partial charge in [-0.05, 0) is 25.6 Å². The van der Waals surface area contributed by atoms with E-state index in [2.05, 4.69) is 20.6 Å². The van der Waals surface area contributed by atoms with Gasteiger partial charge in [0, 0.05) is 11.4 Å². The van der Waals surface area contributed by atoms with Crippen LogP contribution in [0.2, 0.25) is 0 Å². The lowest BCUT2D eigenvalue weighted by Gasteiger charge is -2.08. The summed E-state index contributed by atoms with van der Waals surface area (Å²) in [7, 11) is 0. The molecule has 0 saturated heterocycles. The van der Waals surface area contributed by atoms with Gasteiger partial charge in [0.1, 0.15) is 11.5 Å². The minimum Gasteiger partial charge on any atom is -0.309 e. The number of hydrogen-bond donors (Lipinski definition) is 2. The molecule has 0 saturated carbocycles. The molecule has 0 aliphatic heterocycles. The van der Waals surface area contributed by atoms with Crippen molar-refractivity contribution in [1.29, 1.82) is 0 Å². The number of carbonyl (C=O) groups is 1. The molecule has 2 heterocycles. The predicted molar refractivity (Wildman–Crippen MR) is 76.4 cm³/mol. The number of carbonyl (C=O) groups excluding carboxylic acids is 1. The zero-order valence-electron chi connectivity index (χ0n) is 11.2. The van der Waals surface area contributed by atoms with Gasteiger partial charge in [-0.2, -0.15) is 0 Å². The number of rotatable bonds is 5. The average Bonchev–Trinajstić information content (AvgIpc) is 2.88. The van der Waals surface area contributed by atoms with Crippen LogP contribution in [0.25, 0.3) is 0 Å². The van der Waals surface area contributed by atoms with Crippen LogP contribution < -0.4 is 10.6 Å². The van der Waals surface area contributed by atoms with Crippen molar-refractivity contribution >= 4 is 22.4 Å². The van der Waals surface area contributed by atoms with Gasteiger partial charge in [0.05, 0.1) is 11.9 Å². The summed E-state index contributed by atoms with van der Waals surface area (Å²) in [6.45, 7) is 4.87. The molecule has 7 heteroatoms. The smallest absolute Gasteiger partial charge is 0.276 e. The van der Waals surface area contributed by atoms with Crippen molar-refractivity contribution in [3.05, 3.63) is 40.9 Å². The topological polar surface area (TPSA) is 66.9 Å². The Morgan fingerprint density at radius 1 is 1.50 bits per heavy atom. The molecule has 2 N–H and O–H groups in total. The second-order valence-electron chi connectivity index (χ2n) is 4.17. The molecular weight excluding hydrogens is 279 g/mol. The highest BCUT2D eigenvalue weighted by molar-refractivity contribution is 7.14. The number of nitrogens with zero attached hydrogens (tertiary/aromatic N) is 2. The first-order chi connectivity index (χ1) is 9.60. The first-order valence-electron chi connectivity index (χ1n) is 6.22. The van der Waals surface area contributed by atoms with E-state index < -0.39 is 11.7 Å².